The number of hydrogen-bond acceptors (Lipinski definition) is 3. The molecule has 1 atom stereocenters. The zero-order valence-electron chi connectivity index (χ0n) is 17.9. The van der Waals surface area contributed by atoms with Crippen LogP contribution in [0.15, 0.2) is 54.6 Å². The van der Waals surface area contributed by atoms with Crippen LogP contribution in [0.4, 0.5) is 0 Å². The molecule has 0 aliphatic carbocycles. The summed E-state index contributed by atoms with van der Waals surface area (Å²) in [6.45, 7) is 8.35. The first-order chi connectivity index (χ1) is 13.9. The van der Waals surface area contributed by atoms with Crippen molar-refractivity contribution in [3.63, 3.8) is 0 Å². The van der Waals surface area contributed by atoms with Crippen LogP contribution in [0.2, 0.25) is 0 Å². The van der Waals surface area contributed by atoms with E-state index in [0.717, 1.165) is 11.3 Å². The maximum atomic E-state index is 13.1. The van der Waals surface area contributed by atoms with E-state index in [2.05, 4.69) is 24.4 Å². The highest BCUT2D eigenvalue weighted by Crippen LogP contribution is 2.19. The van der Waals surface area contributed by atoms with Crippen molar-refractivity contribution in [3.8, 4) is 0 Å². The smallest absolute Gasteiger partial charge is 0.243 e. The first-order valence-corrected chi connectivity index (χ1v) is 11.3. The van der Waals surface area contributed by atoms with Gasteiger partial charge in [-0.05, 0) is 43.9 Å². The van der Waals surface area contributed by atoms with Gasteiger partial charge in [0.1, 0.15) is 6.04 Å². The SMILES string of the molecule is CC[C@H](C(=O)NC(C)C)N(Cc1ccccc1)C(=O)CSCc1ccccc1C. The number of hydrogen-bond donors (Lipinski definition) is 1. The lowest BCUT2D eigenvalue weighted by Gasteiger charge is -2.31. The third kappa shape index (κ3) is 7.24. The summed E-state index contributed by atoms with van der Waals surface area (Å²) in [5.41, 5.74) is 3.50. The summed E-state index contributed by atoms with van der Waals surface area (Å²) in [7, 11) is 0. The summed E-state index contributed by atoms with van der Waals surface area (Å²) >= 11 is 1.60. The topological polar surface area (TPSA) is 49.4 Å². The van der Waals surface area contributed by atoms with Gasteiger partial charge in [0.2, 0.25) is 11.8 Å². The van der Waals surface area contributed by atoms with Crippen LogP contribution in [0.5, 0.6) is 0 Å². The van der Waals surface area contributed by atoms with Crippen LogP contribution in [0, 0.1) is 6.92 Å². The van der Waals surface area contributed by atoms with E-state index < -0.39 is 6.04 Å². The molecule has 0 fully saturated rings. The molecule has 2 amide bonds. The Kier molecular flexibility index (Phi) is 9.26. The second-order valence-electron chi connectivity index (χ2n) is 7.51. The Labute approximate surface area is 179 Å². The predicted octanol–water partition coefficient (Wildman–Crippen LogP) is 4.56. The van der Waals surface area contributed by atoms with Crippen molar-refractivity contribution < 1.29 is 9.59 Å². The summed E-state index contributed by atoms with van der Waals surface area (Å²) in [6.07, 6.45) is 0.583. The Morgan fingerprint density at radius 3 is 2.31 bits per heavy atom. The first-order valence-electron chi connectivity index (χ1n) is 10.2. The van der Waals surface area contributed by atoms with Gasteiger partial charge >= 0.3 is 0 Å². The van der Waals surface area contributed by atoms with E-state index in [1.54, 1.807) is 16.7 Å². The molecule has 0 aliphatic rings. The minimum Gasteiger partial charge on any atom is -0.352 e. The Hall–Kier alpha value is -2.27. The fourth-order valence-electron chi connectivity index (χ4n) is 3.18. The minimum absolute atomic E-state index is 0.00167. The van der Waals surface area contributed by atoms with E-state index in [-0.39, 0.29) is 17.9 Å². The fraction of sp³-hybridized carbons (Fsp3) is 0.417. The Bertz CT molecular complexity index is 792. The third-order valence-corrected chi connectivity index (χ3v) is 5.72. The van der Waals surface area contributed by atoms with Gasteiger partial charge in [-0.3, -0.25) is 9.59 Å². The number of rotatable bonds is 10. The van der Waals surface area contributed by atoms with Crippen LogP contribution in [0.3, 0.4) is 0 Å². The van der Waals surface area contributed by atoms with Crippen LogP contribution in [-0.2, 0) is 21.9 Å². The summed E-state index contributed by atoms with van der Waals surface area (Å²) in [6, 6.07) is 17.7. The molecule has 4 nitrogen and oxygen atoms in total. The van der Waals surface area contributed by atoms with Gasteiger partial charge < -0.3 is 10.2 Å². The molecule has 0 bridgehead atoms. The monoisotopic (exact) mass is 412 g/mol. The van der Waals surface area contributed by atoms with E-state index in [4.69, 9.17) is 0 Å². The molecular weight excluding hydrogens is 380 g/mol. The molecule has 29 heavy (non-hydrogen) atoms. The third-order valence-electron chi connectivity index (χ3n) is 4.76. The number of amides is 2. The van der Waals surface area contributed by atoms with Gasteiger partial charge in [0.05, 0.1) is 5.75 Å². The molecule has 0 saturated carbocycles. The van der Waals surface area contributed by atoms with E-state index in [1.807, 2.05) is 63.2 Å². The van der Waals surface area contributed by atoms with Crippen molar-refractivity contribution in [2.45, 2.75) is 58.5 Å². The van der Waals surface area contributed by atoms with Crippen molar-refractivity contribution in [1.82, 2.24) is 10.2 Å². The van der Waals surface area contributed by atoms with Gasteiger partial charge in [0.15, 0.2) is 0 Å². The van der Waals surface area contributed by atoms with Crippen molar-refractivity contribution >= 4 is 23.6 Å². The van der Waals surface area contributed by atoms with Crippen LogP contribution < -0.4 is 5.32 Å². The lowest BCUT2D eigenvalue weighted by molar-refractivity contribution is -0.139. The number of carbonyl (C=O) groups is 2. The second kappa shape index (κ2) is 11.7. The number of nitrogens with one attached hydrogen (secondary N) is 1. The number of benzene rings is 2. The van der Waals surface area contributed by atoms with Gasteiger partial charge in [-0.25, -0.2) is 0 Å². The zero-order valence-corrected chi connectivity index (χ0v) is 18.7. The van der Waals surface area contributed by atoms with Crippen LogP contribution in [0.1, 0.15) is 43.9 Å². The molecule has 0 aromatic heterocycles. The maximum Gasteiger partial charge on any atom is 0.243 e. The van der Waals surface area contributed by atoms with Crippen LogP contribution in [-0.4, -0.2) is 34.6 Å². The van der Waals surface area contributed by atoms with Crippen molar-refractivity contribution in [2.75, 3.05) is 5.75 Å². The van der Waals surface area contributed by atoms with Crippen molar-refractivity contribution in [3.05, 3.63) is 71.3 Å². The van der Waals surface area contributed by atoms with Gasteiger partial charge in [0, 0.05) is 18.3 Å². The maximum absolute atomic E-state index is 13.1. The highest BCUT2D eigenvalue weighted by atomic mass is 32.2. The molecule has 2 aromatic carbocycles. The quantitative estimate of drug-likeness (QED) is 0.622. The Balaban J connectivity index is 2.11. The summed E-state index contributed by atoms with van der Waals surface area (Å²) in [5, 5.41) is 2.96. The number of carbonyl (C=O) groups excluding carboxylic acids is 2. The van der Waals surface area contributed by atoms with Gasteiger partial charge in [-0.2, -0.15) is 0 Å². The summed E-state index contributed by atoms with van der Waals surface area (Å²) in [4.78, 5) is 27.6. The molecule has 1 N–H and O–H groups in total. The fourth-order valence-corrected chi connectivity index (χ4v) is 4.17. The van der Waals surface area contributed by atoms with Gasteiger partial charge in [0.25, 0.3) is 0 Å². The predicted molar refractivity (Wildman–Crippen MR) is 122 cm³/mol. The van der Waals surface area contributed by atoms with E-state index >= 15 is 0 Å². The summed E-state index contributed by atoms with van der Waals surface area (Å²) in [5.74, 6) is 1.05. The lowest BCUT2D eigenvalue weighted by Crippen LogP contribution is -2.50. The van der Waals surface area contributed by atoms with Gasteiger partial charge in [-0.15, -0.1) is 11.8 Å². The molecule has 5 heteroatoms. The van der Waals surface area contributed by atoms with E-state index in [1.165, 1.54) is 11.1 Å². The minimum atomic E-state index is -0.468. The average molecular weight is 413 g/mol. The normalized spacial score (nSPS) is 11.9. The van der Waals surface area contributed by atoms with Crippen molar-refractivity contribution in [1.29, 1.82) is 0 Å². The molecular formula is C24H32N2O2S. The van der Waals surface area contributed by atoms with E-state index in [0.29, 0.717) is 18.7 Å². The molecule has 0 saturated heterocycles. The molecule has 0 spiro atoms. The first kappa shape index (κ1) is 23.0. The largest absolute Gasteiger partial charge is 0.352 e. The van der Waals surface area contributed by atoms with Gasteiger partial charge in [-0.1, -0.05) is 61.5 Å². The molecule has 156 valence electrons. The highest BCUT2D eigenvalue weighted by molar-refractivity contribution is 7.99. The molecule has 0 unspecified atom stereocenters. The molecule has 2 aromatic rings. The van der Waals surface area contributed by atoms with Crippen LogP contribution in [0.25, 0.3) is 0 Å². The Morgan fingerprint density at radius 2 is 1.69 bits per heavy atom. The number of aryl methyl sites for hydroxylation is 1. The van der Waals surface area contributed by atoms with E-state index in [9.17, 15) is 9.59 Å². The molecule has 0 heterocycles. The van der Waals surface area contributed by atoms with Crippen LogP contribution >= 0.6 is 11.8 Å². The second-order valence-corrected chi connectivity index (χ2v) is 8.50. The Morgan fingerprint density at radius 1 is 1.03 bits per heavy atom. The summed E-state index contributed by atoms with van der Waals surface area (Å²) < 4.78 is 0. The molecule has 0 aliphatic heterocycles. The van der Waals surface area contributed by atoms with Crippen molar-refractivity contribution in [2.24, 2.45) is 0 Å². The standard InChI is InChI=1S/C24H32N2O2S/c1-5-22(24(28)25-18(2)3)26(15-20-12-7-6-8-13-20)23(27)17-29-16-21-14-10-9-11-19(21)4/h6-14,18,22H,5,15-17H2,1-4H3,(H,25,28)/t22-/m1/s1. The highest BCUT2D eigenvalue weighted by Gasteiger charge is 2.28. The lowest BCUT2D eigenvalue weighted by atomic mass is 10.1. The average Bonchev–Trinajstić information content (AvgIpc) is 2.69. The molecule has 2 rings (SSSR count). The number of thioether (sulfide) groups is 1. The number of nitrogens with zero attached hydrogens (tertiary/aromatic N) is 1. The zero-order chi connectivity index (χ0) is 21.2. The molecule has 0 radical (unpaired) electrons.